The van der Waals surface area contributed by atoms with Gasteiger partial charge in [0.15, 0.2) is 0 Å². The van der Waals surface area contributed by atoms with E-state index in [1.165, 1.54) is 12.1 Å². The van der Waals surface area contributed by atoms with Crippen molar-refractivity contribution in [3.8, 4) is 12.3 Å². The number of benzene rings is 1. The van der Waals surface area contributed by atoms with Gasteiger partial charge in [-0.25, -0.2) is 4.39 Å². The van der Waals surface area contributed by atoms with Crippen molar-refractivity contribution in [2.75, 3.05) is 11.9 Å². The second kappa shape index (κ2) is 5.51. The third kappa shape index (κ3) is 3.68. The molecule has 0 saturated carbocycles. The molecule has 0 heterocycles. The maximum atomic E-state index is 12.8. The standard InChI is InChI=1S/C11H11ClFN/c1-2-3-4-5-14-11-7-9(12)6-10(13)8-11/h1,6-8,14H,3-5H2. The Bertz CT molecular complexity index is 323. The lowest BCUT2D eigenvalue weighted by atomic mass is 10.3. The van der Waals surface area contributed by atoms with E-state index in [0.717, 1.165) is 19.4 Å². The molecule has 74 valence electrons. The van der Waals surface area contributed by atoms with Crippen LogP contribution in [-0.2, 0) is 0 Å². The van der Waals surface area contributed by atoms with Crippen molar-refractivity contribution in [1.82, 2.24) is 0 Å². The van der Waals surface area contributed by atoms with E-state index >= 15 is 0 Å². The molecular weight excluding hydrogens is 201 g/mol. The Kier molecular flexibility index (Phi) is 4.28. The first-order valence-corrected chi connectivity index (χ1v) is 4.73. The van der Waals surface area contributed by atoms with Crippen molar-refractivity contribution in [3.63, 3.8) is 0 Å². The minimum atomic E-state index is -0.336. The summed E-state index contributed by atoms with van der Waals surface area (Å²) in [6, 6.07) is 4.36. The first-order chi connectivity index (χ1) is 6.72. The molecule has 0 amide bonds. The van der Waals surface area contributed by atoms with Crippen molar-refractivity contribution in [2.24, 2.45) is 0 Å². The molecule has 1 rings (SSSR count). The molecule has 0 spiro atoms. The van der Waals surface area contributed by atoms with Gasteiger partial charge in [0.1, 0.15) is 5.82 Å². The zero-order chi connectivity index (χ0) is 10.4. The first kappa shape index (κ1) is 10.9. The molecule has 1 aromatic carbocycles. The zero-order valence-electron chi connectivity index (χ0n) is 7.69. The van der Waals surface area contributed by atoms with Crippen molar-refractivity contribution in [3.05, 3.63) is 29.0 Å². The van der Waals surface area contributed by atoms with Gasteiger partial charge in [-0.2, -0.15) is 0 Å². The molecule has 0 aliphatic rings. The second-order valence-corrected chi connectivity index (χ2v) is 3.33. The minimum absolute atomic E-state index is 0.336. The fourth-order valence-corrected chi connectivity index (χ4v) is 1.30. The van der Waals surface area contributed by atoms with Crippen LogP contribution < -0.4 is 5.32 Å². The van der Waals surface area contributed by atoms with Crippen LogP contribution in [-0.4, -0.2) is 6.54 Å². The van der Waals surface area contributed by atoms with Gasteiger partial charge in [0.2, 0.25) is 0 Å². The Morgan fingerprint density at radius 2 is 2.21 bits per heavy atom. The Balaban J connectivity index is 2.47. The van der Waals surface area contributed by atoms with Crippen LogP contribution in [0.15, 0.2) is 18.2 Å². The molecular formula is C11H11ClFN. The number of nitrogens with one attached hydrogen (secondary N) is 1. The molecule has 0 aliphatic carbocycles. The van der Waals surface area contributed by atoms with E-state index in [1.807, 2.05) is 0 Å². The van der Waals surface area contributed by atoms with Crippen molar-refractivity contribution in [1.29, 1.82) is 0 Å². The summed E-state index contributed by atoms with van der Waals surface area (Å²) in [6.07, 6.45) is 6.68. The van der Waals surface area contributed by atoms with Gasteiger partial charge < -0.3 is 5.32 Å². The van der Waals surface area contributed by atoms with Gasteiger partial charge in [-0.1, -0.05) is 11.6 Å². The molecule has 1 N–H and O–H groups in total. The Hall–Kier alpha value is -1.20. The Morgan fingerprint density at radius 3 is 2.86 bits per heavy atom. The van der Waals surface area contributed by atoms with E-state index in [-0.39, 0.29) is 5.82 Å². The molecule has 0 aliphatic heterocycles. The van der Waals surface area contributed by atoms with Crippen LogP contribution in [0.2, 0.25) is 5.02 Å². The topological polar surface area (TPSA) is 12.0 Å². The molecule has 1 aromatic rings. The molecule has 0 unspecified atom stereocenters. The monoisotopic (exact) mass is 211 g/mol. The van der Waals surface area contributed by atoms with Gasteiger partial charge in [0, 0.05) is 23.7 Å². The van der Waals surface area contributed by atoms with E-state index < -0.39 is 0 Å². The van der Waals surface area contributed by atoms with Crippen LogP contribution in [0.5, 0.6) is 0 Å². The highest BCUT2D eigenvalue weighted by Gasteiger charge is 1.97. The van der Waals surface area contributed by atoms with Crippen LogP contribution in [0.1, 0.15) is 12.8 Å². The fourth-order valence-electron chi connectivity index (χ4n) is 1.08. The van der Waals surface area contributed by atoms with Crippen LogP contribution in [0.3, 0.4) is 0 Å². The second-order valence-electron chi connectivity index (χ2n) is 2.89. The number of unbranched alkanes of at least 4 members (excludes halogenated alkanes) is 1. The van der Waals surface area contributed by atoms with E-state index in [4.69, 9.17) is 18.0 Å². The number of rotatable bonds is 4. The highest BCUT2D eigenvalue weighted by atomic mass is 35.5. The molecule has 0 bridgehead atoms. The molecule has 0 saturated heterocycles. The largest absolute Gasteiger partial charge is 0.385 e. The molecule has 0 fully saturated rings. The average Bonchev–Trinajstić information content (AvgIpc) is 2.11. The summed E-state index contributed by atoms with van der Waals surface area (Å²) in [5, 5.41) is 3.43. The van der Waals surface area contributed by atoms with E-state index in [1.54, 1.807) is 6.07 Å². The van der Waals surface area contributed by atoms with Gasteiger partial charge >= 0.3 is 0 Å². The third-order valence-electron chi connectivity index (χ3n) is 1.69. The first-order valence-electron chi connectivity index (χ1n) is 4.36. The van der Waals surface area contributed by atoms with Crippen LogP contribution in [0.25, 0.3) is 0 Å². The van der Waals surface area contributed by atoms with Crippen LogP contribution >= 0.6 is 11.6 Å². The normalized spacial score (nSPS) is 9.50. The highest BCUT2D eigenvalue weighted by Crippen LogP contribution is 2.17. The van der Waals surface area contributed by atoms with Crippen LogP contribution in [0, 0.1) is 18.2 Å². The fraction of sp³-hybridized carbons (Fsp3) is 0.273. The smallest absolute Gasteiger partial charge is 0.126 e. The molecule has 0 atom stereocenters. The summed E-state index contributed by atoms with van der Waals surface area (Å²) in [7, 11) is 0. The number of hydrogen-bond donors (Lipinski definition) is 1. The maximum absolute atomic E-state index is 12.8. The molecule has 1 nitrogen and oxygen atoms in total. The number of hydrogen-bond acceptors (Lipinski definition) is 1. The third-order valence-corrected chi connectivity index (χ3v) is 1.91. The zero-order valence-corrected chi connectivity index (χ0v) is 8.44. The predicted octanol–water partition coefficient (Wildman–Crippen LogP) is 3.30. The predicted molar refractivity (Wildman–Crippen MR) is 58.0 cm³/mol. The summed E-state index contributed by atoms with van der Waals surface area (Å²) in [5.74, 6) is 2.20. The quantitative estimate of drug-likeness (QED) is 0.595. The van der Waals surface area contributed by atoms with Crippen molar-refractivity contribution >= 4 is 17.3 Å². The summed E-state index contributed by atoms with van der Waals surface area (Å²) in [4.78, 5) is 0. The lowest BCUT2D eigenvalue weighted by Gasteiger charge is -2.05. The summed E-state index contributed by atoms with van der Waals surface area (Å²) in [5.41, 5.74) is 0.687. The maximum Gasteiger partial charge on any atom is 0.126 e. The summed E-state index contributed by atoms with van der Waals surface area (Å²) < 4.78 is 12.8. The van der Waals surface area contributed by atoms with E-state index in [9.17, 15) is 4.39 Å². The van der Waals surface area contributed by atoms with Gasteiger partial charge in [0.25, 0.3) is 0 Å². The molecule has 3 heteroatoms. The van der Waals surface area contributed by atoms with Gasteiger partial charge in [-0.15, -0.1) is 12.3 Å². The SMILES string of the molecule is C#CCCCNc1cc(F)cc(Cl)c1. The number of terminal acetylenes is 1. The minimum Gasteiger partial charge on any atom is -0.385 e. The van der Waals surface area contributed by atoms with Gasteiger partial charge in [-0.3, -0.25) is 0 Å². The number of anilines is 1. The van der Waals surface area contributed by atoms with E-state index in [0.29, 0.717) is 10.7 Å². The summed E-state index contributed by atoms with van der Waals surface area (Å²) >= 11 is 5.68. The molecule has 14 heavy (non-hydrogen) atoms. The van der Waals surface area contributed by atoms with Crippen molar-refractivity contribution < 1.29 is 4.39 Å². The van der Waals surface area contributed by atoms with E-state index in [2.05, 4.69) is 11.2 Å². The van der Waals surface area contributed by atoms with Crippen LogP contribution in [0.4, 0.5) is 10.1 Å². The summed E-state index contributed by atoms with van der Waals surface area (Å²) in [6.45, 7) is 0.726. The lowest BCUT2D eigenvalue weighted by molar-refractivity contribution is 0.628. The average molecular weight is 212 g/mol. The number of halogens is 2. The van der Waals surface area contributed by atoms with Gasteiger partial charge in [0.05, 0.1) is 0 Å². The molecule has 0 radical (unpaired) electrons. The van der Waals surface area contributed by atoms with Gasteiger partial charge in [-0.05, 0) is 24.6 Å². The van der Waals surface area contributed by atoms with Crippen molar-refractivity contribution in [2.45, 2.75) is 12.8 Å². The lowest BCUT2D eigenvalue weighted by Crippen LogP contribution is -2.01. The molecule has 0 aromatic heterocycles. The Labute approximate surface area is 88.3 Å². The highest BCUT2D eigenvalue weighted by molar-refractivity contribution is 6.30. The Morgan fingerprint density at radius 1 is 1.43 bits per heavy atom.